The molecular weight excluding hydrogens is 266 g/mol. The number of rotatable bonds is 4. The summed E-state index contributed by atoms with van der Waals surface area (Å²) in [7, 11) is 1.65. The zero-order valence-electron chi connectivity index (χ0n) is 12.5. The molecule has 1 heterocycles. The number of para-hydroxylation sites is 1. The fraction of sp³-hybridized carbons (Fsp3) is 0.562. The third kappa shape index (κ3) is 3.47. The molecule has 0 bridgehead atoms. The van der Waals surface area contributed by atoms with Crippen molar-refractivity contribution >= 4 is 6.03 Å². The van der Waals surface area contributed by atoms with Crippen LogP contribution in [0.15, 0.2) is 24.3 Å². The molecule has 5 nitrogen and oxygen atoms in total. The van der Waals surface area contributed by atoms with Gasteiger partial charge in [0.2, 0.25) is 0 Å². The van der Waals surface area contributed by atoms with E-state index in [2.05, 4.69) is 10.2 Å². The van der Waals surface area contributed by atoms with Crippen molar-refractivity contribution in [3.63, 3.8) is 0 Å². The molecule has 2 fully saturated rings. The van der Waals surface area contributed by atoms with Gasteiger partial charge in [-0.05, 0) is 18.9 Å². The Labute approximate surface area is 125 Å². The maximum absolute atomic E-state index is 12.2. The lowest BCUT2D eigenvalue weighted by Crippen LogP contribution is -2.52. The second kappa shape index (κ2) is 6.35. The molecule has 5 heteroatoms. The van der Waals surface area contributed by atoms with E-state index in [4.69, 9.17) is 4.74 Å². The van der Waals surface area contributed by atoms with Gasteiger partial charge >= 0.3 is 6.03 Å². The van der Waals surface area contributed by atoms with Gasteiger partial charge in [-0.15, -0.1) is 0 Å². The van der Waals surface area contributed by atoms with E-state index >= 15 is 0 Å². The van der Waals surface area contributed by atoms with Crippen LogP contribution in [0.4, 0.5) is 4.79 Å². The second-order valence-electron chi connectivity index (χ2n) is 5.72. The fourth-order valence-electron chi connectivity index (χ4n) is 2.86. The van der Waals surface area contributed by atoms with E-state index < -0.39 is 0 Å². The van der Waals surface area contributed by atoms with Crippen LogP contribution in [0, 0.1) is 0 Å². The first-order valence-electron chi connectivity index (χ1n) is 7.66. The Bertz CT molecular complexity index is 494. The molecule has 1 aliphatic heterocycles. The van der Waals surface area contributed by atoms with Gasteiger partial charge in [0, 0.05) is 44.3 Å². The zero-order valence-corrected chi connectivity index (χ0v) is 12.5. The van der Waals surface area contributed by atoms with E-state index in [1.165, 1.54) is 12.8 Å². The van der Waals surface area contributed by atoms with Gasteiger partial charge in [-0.3, -0.25) is 4.90 Å². The second-order valence-corrected chi connectivity index (χ2v) is 5.72. The standard InChI is InChI=1S/C16H23N3O2/c1-21-15-5-3-2-4-13(15)12-17-16(20)19-10-8-18(9-11-19)14-6-7-14/h2-5,14H,6-12H2,1H3,(H,17,20). The molecule has 0 unspecified atom stereocenters. The number of urea groups is 1. The third-order valence-electron chi connectivity index (χ3n) is 4.29. The van der Waals surface area contributed by atoms with Gasteiger partial charge in [-0.2, -0.15) is 0 Å². The SMILES string of the molecule is COc1ccccc1CNC(=O)N1CCN(C2CC2)CC1. The largest absolute Gasteiger partial charge is 0.496 e. The van der Waals surface area contributed by atoms with E-state index in [1.807, 2.05) is 29.2 Å². The average Bonchev–Trinajstić information content (AvgIpc) is 3.38. The summed E-state index contributed by atoms with van der Waals surface area (Å²) in [6, 6.07) is 8.60. The van der Waals surface area contributed by atoms with Gasteiger partial charge in [0.25, 0.3) is 0 Å². The van der Waals surface area contributed by atoms with E-state index in [0.717, 1.165) is 43.5 Å². The van der Waals surface area contributed by atoms with Gasteiger partial charge in [0.15, 0.2) is 0 Å². The molecule has 2 aliphatic rings. The number of carbonyl (C=O) groups is 1. The Balaban J connectivity index is 1.48. The lowest BCUT2D eigenvalue weighted by Gasteiger charge is -2.34. The molecule has 1 aromatic carbocycles. The predicted molar refractivity (Wildman–Crippen MR) is 81.4 cm³/mol. The van der Waals surface area contributed by atoms with Crippen molar-refractivity contribution < 1.29 is 9.53 Å². The highest BCUT2D eigenvalue weighted by Gasteiger charge is 2.32. The van der Waals surface area contributed by atoms with Gasteiger partial charge in [-0.25, -0.2) is 4.79 Å². The quantitative estimate of drug-likeness (QED) is 0.917. The fourth-order valence-corrected chi connectivity index (χ4v) is 2.86. The molecule has 2 amide bonds. The number of hydrogen-bond donors (Lipinski definition) is 1. The molecule has 1 saturated heterocycles. The van der Waals surface area contributed by atoms with Crippen LogP contribution < -0.4 is 10.1 Å². The van der Waals surface area contributed by atoms with Crippen molar-refractivity contribution in [2.24, 2.45) is 0 Å². The minimum atomic E-state index is 0.0244. The third-order valence-corrected chi connectivity index (χ3v) is 4.29. The molecule has 0 radical (unpaired) electrons. The molecule has 0 spiro atoms. The molecule has 1 N–H and O–H groups in total. The van der Waals surface area contributed by atoms with E-state index in [-0.39, 0.29) is 6.03 Å². The number of hydrogen-bond acceptors (Lipinski definition) is 3. The molecular formula is C16H23N3O2. The lowest BCUT2D eigenvalue weighted by molar-refractivity contribution is 0.134. The van der Waals surface area contributed by atoms with Gasteiger partial charge < -0.3 is 15.0 Å². The van der Waals surface area contributed by atoms with E-state index in [1.54, 1.807) is 7.11 Å². The first-order chi connectivity index (χ1) is 10.3. The van der Waals surface area contributed by atoms with Crippen molar-refractivity contribution in [2.45, 2.75) is 25.4 Å². The van der Waals surface area contributed by atoms with Gasteiger partial charge in [0.05, 0.1) is 7.11 Å². The van der Waals surface area contributed by atoms with Crippen molar-refractivity contribution in [1.82, 2.24) is 15.1 Å². The number of amides is 2. The summed E-state index contributed by atoms with van der Waals surface area (Å²) in [5, 5.41) is 2.99. The average molecular weight is 289 g/mol. The monoisotopic (exact) mass is 289 g/mol. The van der Waals surface area contributed by atoms with Crippen molar-refractivity contribution in [3.05, 3.63) is 29.8 Å². The van der Waals surface area contributed by atoms with Crippen LogP contribution in [0.5, 0.6) is 5.75 Å². The Hall–Kier alpha value is -1.75. The summed E-state index contributed by atoms with van der Waals surface area (Å²) in [5.74, 6) is 0.816. The number of carbonyl (C=O) groups excluding carboxylic acids is 1. The normalized spacial score (nSPS) is 19.4. The summed E-state index contributed by atoms with van der Waals surface area (Å²) in [6.07, 6.45) is 2.67. The van der Waals surface area contributed by atoms with Crippen LogP contribution in [0.3, 0.4) is 0 Å². The Morgan fingerprint density at radius 2 is 1.95 bits per heavy atom. The molecule has 0 atom stereocenters. The van der Waals surface area contributed by atoms with Gasteiger partial charge in [-0.1, -0.05) is 18.2 Å². The van der Waals surface area contributed by atoms with Crippen molar-refractivity contribution in [2.75, 3.05) is 33.3 Å². The molecule has 1 aromatic rings. The summed E-state index contributed by atoms with van der Waals surface area (Å²) >= 11 is 0. The summed E-state index contributed by atoms with van der Waals surface area (Å²) in [4.78, 5) is 16.6. The van der Waals surface area contributed by atoms with Crippen molar-refractivity contribution in [1.29, 1.82) is 0 Å². The highest BCUT2D eigenvalue weighted by Crippen LogP contribution is 2.27. The Kier molecular flexibility index (Phi) is 4.29. The number of nitrogens with zero attached hydrogens (tertiary/aromatic N) is 2. The van der Waals surface area contributed by atoms with Crippen LogP contribution in [0.25, 0.3) is 0 Å². The lowest BCUT2D eigenvalue weighted by atomic mass is 10.2. The number of nitrogens with one attached hydrogen (secondary N) is 1. The van der Waals surface area contributed by atoms with E-state index in [0.29, 0.717) is 6.54 Å². The van der Waals surface area contributed by atoms with Crippen LogP contribution >= 0.6 is 0 Å². The Morgan fingerprint density at radius 1 is 1.24 bits per heavy atom. The number of methoxy groups -OCH3 is 1. The highest BCUT2D eigenvalue weighted by atomic mass is 16.5. The number of piperazine rings is 1. The van der Waals surface area contributed by atoms with E-state index in [9.17, 15) is 4.79 Å². The molecule has 3 rings (SSSR count). The first kappa shape index (κ1) is 14.2. The molecule has 21 heavy (non-hydrogen) atoms. The summed E-state index contributed by atoms with van der Waals surface area (Å²) < 4.78 is 5.30. The Morgan fingerprint density at radius 3 is 2.62 bits per heavy atom. The summed E-state index contributed by atoms with van der Waals surface area (Å²) in [5.41, 5.74) is 1.00. The predicted octanol–water partition coefficient (Wildman–Crippen LogP) is 1.68. The number of benzene rings is 1. The summed E-state index contributed by atoms with van der Waals surface area (Å²) in [6.45, 7) is 4.17. The molecule has 0 aromatic heterocycles. The molecule has 114 valence electrons. The molecule has 1 saturated carbocycles. The minimum absolute atomic E-state index is 0.0244. The first-order valence-corrected chi connectivity index (χ1v) is 7.66. The molecule has 1 aliphatic carbocycles. The van der Waals surface area contributed by atoms with Crippen molar-refractivity contribution in [3.8, 4) is 5.75 Å². The van der Waals surface area contributed by atoms with Gasteiger partial charge in [0.1, 0.15) is 5.75 Å². The topological polar surface area (TPSA) is 44.8 Å². The minimum Gasteiger partial charge on any atom is -0.496 e. The maximum atomic E-state index is 12.2. The maximum Gasteiger partial charge on any atom is 0.317 e. The van der Waals surface area contributed by atoms with Crippen LogP contribution in [-0.2, 0) is 6.54 Å². The smallest absolute Gasteiger partial charge is 0.317 e. The zero-order chi connectivity index (χ0) is 14.7. The van der Waals surface area contributed by atoms with Crippen LogP contribution in [0.1, 0.15) is 18.4 Å². The number of ether oxygens (including phenoxy) is 1. The highest BCUT2D eigenvalue weighted by molar-refractivity contribution is 5.74. The van der Waals surface area contributed by atoms with Crippen LogP contribution in [0.2, 0.25) is 0 Å². The van der Waals surface area contributed by atoms with Crippen LogP contribution in [-0.4, -0.2) is 55.2 Å².